The van der Waals surface area contributed by atoms with Gasteiger partial charge in [-0.25, -0.2) is 0 Å². The van der Waals surface area contributed by atoms with Crippen LogP contribution in [0.2, 0.25) is 0 Å². The largest absolute Gasteiger partial charge is 0.357 e. The van der Waals surface area contributed by atoms with Crippen molar-refractivity contribution < 1.29 is 0 Å². The van der Waals surface area contributed by atoms with Crippen molar-refractivity contribution in [1.29, 1.82) is 0 Å². The maximum absolute atomic E-state index is 4.59. The zero-order chi connectivity index (χ0) is 15.6. The highest BCUT2D eigenvalue weighted by molar-refractivity contribution is 14.0. The molecule has 130 valence electrons. The van der Waals surface area contributed by atoms with Crippen molar-refractivity contribution in [3.05, 3.63) is 35.9 Å². The van der Waals surface area contributed by atoms with E-state index in [1.807, 2.05) is 0 Å². The van der Waals surface area contributed by atoms with Crippen LogP contribution in [0.4, 0.5) is 0 Å². The summed E-state index contributed by atoms with van der Waals surface area (Å²) in [6.45, 7) is 9.46. The van der Waals surface area contributed by atoms with E-state index in [0.717, 1.165) is 45.1 Å². The Labute approximate surface area is 158 Å². The highest BCUT2D eigenvalue weighted by Crippen LogP contribution is 2.13. The second kappa shape index (κ2) is 11.7. The van der Waals surface area contributed by atoms with Crippen molar-refractivity contribution in [3.63, 3.8) is 0 Å². The molecule has 4 nitrogen and oxygen atoms in total. The number of halogens is 1. The minimum Gasteiger partial charge on any atom is -0.357 e. The van der Waals surface area contributed by atoms with E-state index in [1.165, 1.54) is 18.4 Å². The summed E-state index contributed by atoms with van der Waals surface area (Å²) in [5.74, 6) is 0.978. The minimum absolute atomic E-state index is 0. The number of hydrogen-bond donors (Lipinski definition) is 2. The second-order valence-corrected chi connectivity index (χ2v) is 5.94. The average molecular weight is 430 g/mol. The van der Waals surface area contributed by atoms with Crippen LogP contribution in [0.25, 0.3) is 0 Å². The topological polar surface area (TPSA) is 39.7 Å². The summed E-state index contributed by atoms with van der Waals surface area (Å²) in [5, 5.41) is 6.93. The van der Waals surface area contributed by atoms with E-state index in [0.29, 0.717) is 6.04 Å². The number of piperidine rings is 1. The van der Waals surface area contributed by atoms with Crippen molar-refractivity contribution in [1.82, 2.24) is 15.5 Å². The van der Waals surface area contributed by atoms with E-state index >= 15 is 0 Å². The van der Waals surface area contributed by atoms with E-state index < -0.39 is 0 Å². The van der Waals surface area contributed by atoms with Gasteiger partial charge in [-0.3, -0.25) is 9.89 Å². The van der Waals surface area contributed by atoms with Crippen molar-refractivity contribution in [2.45, 2.75) is 45.7 Å². The lowest BCUT2D eigenvalue weighted by atomic mass is 10.0. The van der Waals surface area contributed by atoms with Crippen molar-refractivity contribution >= 4 is 29.9 Å². The summed E-state index contributed by atoms with van der Waals surface area (Å²) in [6, 6.07) is 11.3. The molecule has 0 spiro atoms. The highest BCUT2D eigenvalue weighted by Gasteiger charge is 2.19. The number of benzene rings is 1. The molecule has 2 N–H and O–H groups in total. The molecule has 1 aliphatic rings. The Morgan fingerprint density at radius 3 is 2.48 bits per heavy atom. The number of nitrogens with one attached hydrogen (secondary N) is 2. The first kappa shape index (κ1) is 20.2. The van der Waals surface area contributed by atoms with E-state index in [4.69, 9.17) is 0 Å². The van der Waals surface area contributed by atoms with Gasteiger partial charge in [0, 0.05) is 38.8 Å². The van der Waals surface area contributed by atoms with Gasteiger partial charge in [-0.1, -0.05) is 37.3 Å². The van der Waals surface area contributed by atoms with Crippen LogP contribution in [-0.4, -0.2) is 43.1 Å². The van der Waals surface area contributed by atoms with Crippen LogP contribution >= 0.6 is 24.0 Å². The molecule has 0 bridgehead atoms. The Hall–Kier alpha value is -0.820. The van der Waals surface area contributed by atoms with Crippen LogP contribution in [-0.2, 0) is 6.54 Å². The molecule has 0 amide bonds. The molecule has 2 rings (SSSR count). The first-order chi connectivity index (χ1) is 10.8. The van der Waals surface area contributed by atoms with Crippen molar-refractivity contribution in [2.75, 3.05) is 26.2 Å². The lowest BCUT2D eigenvalue weighted by Crippen LogP contribution is -2.48. The molecule has 1 aromatic carbocycles. The van der Waals surface area contributed by atoms with Crippen molar-refractivity contribution in [2.24, 2.45) is 4.99 Å². The van der Waals surface area contributed by atoms with Gasteiger partial charge in [0.2, 0.25) is 0 Å². The van der Waals surface area contributed by atoms with E-state index in [9.17, 15) is 0 Å². The maximum atomic E-state index is 4.59. The lowest BCUT2D eigenvalue weighted by molar-refractivity contribution is 0.198. The van der Waals surface area contributed by atoms with E-state index in [2.05, 4.69) is 64.7 Å². The van der Waals surface area contributed by atoms with Gasteiger partial charge in [-0.2, -0.15) is 0 Å². The summed E-state index contributed by atoms with van der Waals surface area (Å²) in [7, 11) is 0. The summed E-state index contributed by atoms with van der Waals surface area (Å²) >= 11 is 0. The Balaban J connectivity index is 0.00000264. The van der Waals surface area contributed by atoms with Crippen LogP contribution in [0.1, 0.15) is 38.7 Å². The number of aliphatic imine (C=N–C) groups is 1. The Morgan fingerprint density at radius 1 is 1.17 bits per heavy atom. The van der Waals surface area contributed by atoms with Crippen molar-refractivity contribution in [3.8, 4) is 0 Å². The molecule has 1 saturated heterocycles. The van der Waals surface area contributed by atoms with Gasteiger partial charge in [0.05, 0.1) is 0 Å². The Kier molecular flexibility index (Phi) is 10.3. The third-order valence-corrected chi connectivity index (χ3v) is 4.02. The molecule has 23 heavy (non-hydrogen) atoms. The standard InChI is InChI=1S/C18H30N4.HI/c1-3-12-20-18(19-4-2)21-17-10-13-22(14-11-17)15-16-8-6-5-7-9-16;/h5-9,17H,3-4,10-15H2,1-2H3,(H2,19,20,21);1H. The summed E-state index contributed by atoms with van der Waals surface area (Å²) in [5.41, 5.74) is 1.41. The number of nitrogens with zero attached hydrogens (tertiary/aromatic N) is 2. The number of likely N-dealkylation sites (tertiary alicyclic amines) is 1. The first-order valence-corrected chi connectivity index (χ1v) is 8.63. The molecular formula is C18H31IN4. The summed E-state index contributed by atoms with van der Waals surface area (Å²) in [6.07, 6.45) is 3.46. The molecule has 0 saturated carbocycles. The third kappa shape index (κ3) is 7.52. The highest BCUT2D eigenvalue weighted by atomic mass is 127. The van der Waals surface area contributed by atoms with Gasteiger partial charge in [-0.15, -0.1) is 24.0 Å². The Morgan fingerprint density at radius 2 is 1.87 bits per heavy atom. The van der Waals surface area contributed by atoms with Crippen LogP contribution < -0.4 is 10.6 Å². The molecule has 1 aliphatic heterocycles. The van der Waals surface area contributed by atoms with Gasteiger partial charge < -0.3 is 10.6 Å². The predicted octanol–water partition coefficient (Wildman–Crippen LogP) is 3.23. The second-order valence-electron chi connectivity index (χ2n) is 5.94. The van der Waals surface area contributed by atoms with Crippen LogP contribution in [0, 0.1) is 0 Å². The molecular weight excluding hydrogens is 399 g/mol. The predicted molar refractivity (Wildman–Crippen MR) is 110 cm³/mol. The molecule has 0 radical (unpaired) electrons. The molecule has 0 unspecified atom stereocenters. The fourth-order valence-electron chi connectivity index (χ4n) is 2.81. The van der Waals surface area contributed by atoms with E-state index in [1.54, 1.807) is 0 Å². The summed E-state index contributed by atoms with van der Waals surface area (Å²) in [4.78, 5) is 7.14. The fraction of sp³-hybridized carbons (Fsp3) is 0.611. The van der Waals surface area contributed by atoms with Gasteiger partial charge in [0.15, 0.2) is 5.96 Å². The van der Waals surface area contributed by atoms with Crippen LogP contribution in [0.5, 0.6) is 0 Å². The monoisotopic (exact) mass is 430 g/mol. The third-order valence-electron chi connectivity index (χ3n) is 4.02. The minimum atomic E-state index is 0. The fourth-order valence-corrected chi connectivity index (χ4v) is 2.81. The molecule has 5 heteroatoms. The maximum Gasteiger partial charge on any atom is 0.191 e. The zero-order valence-electron chi connectivity index (χ0n) is 14.4. The van der Waals surface area contributed by atoms with Crippen LogP contribution in [0.3, 0.4) is 0 Å². The van der Waals surface area contributed by atoms with Crippen LogP contribution in [0.15, 0.2) is 35.3 Å². The normalized spacial score (nSPS) is 16.7. The van der Waals surface area contributed by atoms with Gasteiger partial charge in [-0.05, 0) is 31.7 Å². The summed E-state index contributed by atoms with van der Waals surface area (Å²) < 4.78 is 0. The molecule has 1 heterocycles. The number of rotatable bonds is 6. The number of hydrogen-bond acceptors (Lipinski definition) is 2. The quantitative estimate of drug-likeness (QED) is 0.414. The number of guanidine groups is 1. The smallest absolute Gasteiger partial charge is 0.191 e. The SMILES string of the molecule is CCCN=C(NCC)NC1CCN(Cc2ccccc2)CC1.I. The van der Waals surface area contributed by atoms with Gasteiger partial charge in [0.1, 0.15) is 0 Å². The van der Waals surface area contributed by atoms with E-state index in [-0.39, 0.29) is 24.0 Å². The first-order valence-electron chi connectivity index (χ1n) is 8.63. The molecule has 0 aromatic heterocycles. The molecule has 0 aliphatic carbocycles. The molecule has 1 aromatic rings. The average Bonchev–Trinajstić information content (AvgIpc) is 2.55. The lowest BCUT2D eigenvalue weighted by Gasteiger charge is -2.33. The molecule has 1 fully saturated rings. The molecule has 0 atom stereocenters. The Bertz CT molecular complexity index is 442. The zero-order valence-corrected chi connectivity index (χ0v) is 16.8. The van der Waals surface area contributed by atoms with Gasteiger partial charge >= 0.3 is 0 Å². The van der Waals surface area contributed by atoms with Gasteiger partial charge in [0.25, 0.3) is 0 Å².